The zero-order valence-corrected chi connectivity index (χ0v) is 12.9. The second kappa shape index (κ2) is 7.24. The highest BCUT2D eigenvalue weighted by molar-refractivity contribution is 5.29. The number of nitrogens with two attached hydrogens (primary N) is 1. The maximum Gasteiger partial charge on any atom is 0.118 e. The maximum absolute atomic E-state index is 5.70. The van der Waals surface area contributed by atoms with Crippen molar-refractivity contribution in [2.75, 3.05) is 7.11 Å². The third-order valence-corrected chi connectivity index (χ3v) is 3.84. The topological polar surface area (TPSA) is 65.1 Å². The van der Waals surface area contributed by atoms with E-state index in [1.165, 1.54) is 0 Å². The number of hydrogen-bond acceptors (Lipinski definition) is 4. The van der Waals surface area contributed by atoms with Crippen molar-refractivity contribution in [3.05, 3.63) is 47.8 Å². The van der Waals surface area contributed by atoms with Gasteiger partial charge in [-0.2, -0.15) is 5.10 Å². The van der Waals surface area contributed by atoms with Crippen LogP contribution in [0.4, 0.5) is 0 Å². The molecule has 5 nitrogen and oxygen atoms in total. The van der Waals surface area contributed by atoms with Crippen molar-refractivity contribution in [3.8, 4) is 5.75 Å². The van der Waals surface area contributed by atoms with Crippen molar-refractivity contribution >= 4 is 0 Å². The second-order valence-corrected chi connectivity index (χ2v) is 5.24. The summed E-state index contributed by atoms with van der Waals surface area (Å²) in [7, 11) is 1.66. The molecule has 2 atom stereocenters. The average molecular weight is 288 g/mol. The lowest BCUT2D eigenvalue weighted by Gasteiger charge is -2.15. The van der Waals surface area contributed by atoms with Gasteiger partial charge in [0.05, 0.1) is 18.8 Å². The van der Waals surface area contributed by atoms with E-state index in [-0.39, 0.29) is 6.04 Å². The van der Waals surface area contributed by atoms with Crippen LogP contribution in [-0.2, 0) is 6.42 Å². The average Bonchev–Trinajstić information content (AvgIpc) is 3.00. The van der Waals surface area contributed by atoms with E-state index < -0.39 is 0 Å². The van der Waals surface area contributed by atoms with Crippen LogP contribution in [0.2, 0.25) is 0 Å². The standard InChI is InChI=1S/C16H24N4O/c1-4-12(2)20-10-9-14(19-20)11-16(18-17)13-5-7-15(21-3)8-6-13/h5-10,12,16,18H,4,11,17H2,1-3H3. The van der Waals surface area contributed by atoms with E-state index >= 15 is 0 Å². The Balaban J connectivity index is 2.09. The monoisotopic (exact) mass is 288 g/mol. The molecule has 0 bridgehead atoms. The van der Waals surface area contributed by atoms with Crippen molar-refractivity contribution in [3.63, 3.8) is 0 Å². The molecule has 0 fully saturated rings. The van der Waals surface area contributed by atoms with E-state index in [2.05, 4.69) is 30.4 Å². The van der Waals surface area contributed by atoms with Crippen LogP contribution in [-0.4, -0.2) is 16.9 Å². The fourth-order valence-electron chi connectivity index (χ4n) is 2.24. The molecule has 2 aromatic rings. The molecule has 0 spiro atoms. The van der Waals surface area contributed by atoms with Gasteiger partial charge >= 0.3 is 0 Å². The Hall–Kier alpha value is -1.85. The third kappa shape index (κ3) is 3.83. The van der Waals surface area contributed by atoms with Crippen molar-refractivity contribution in [1.29, 1.82) is 0 Å². The molecule has 1 heterocycles. The van der Waals surface area contributed by atoms with Crippen LogP contribution < -0.4 is 16.0 Å². The van der Waals surface area contributed by atoms with E-state index in [9.17, 15) is 0 Å². The molecular weight excluding hydrogens is 264 g/mol. The quantitative estimate of drug-likeness (QED) is 0.607. The number of ether oxygens (including phenoxy) is 1. The Morgan fingerprint density at radius 1 is 1.29 bits per heavy atom. The van der Waals surface area contributed by atoms with Crippen LogP contribution in [0.3, 0.4) is 0 Å². The van der Waals surface area contributed by atoms with Gasteiger partial charge in [0.1, 0.15) is 5.75 Å². The molecule has 114 valence electrons. The first kappa shape index (κ1) is 15.5. The third-order valence-electron chi connectivity index (χ3n) is 3.84. The van der Waals surface area contributed by atoms with Gasteiger partial charge in [-0.05, 0) is 37.1 Å². The molecule has 0 amide bonds. The maximum atomic E-state index is 5.70. The highest BCUT2D eigenvalue weighted by atomic mass is 16.5. The molecule has 3 N–H and O–H groups in total. The Kier molecular flexibility index (Phi) is 5.36. The van der Waals surface area contributed by atoms with Crippen LogP contribution in [0.5, 0.6) is 5.75 Å². The number of benzene rings is 1. The van der Waals surface area contributed by atoms with Gasteiger partial charge in [-0.25, -0.2) is 0 Å². The minimum Gasteiger partial charge on any atom is -0.497 e. The number of nitrogens with zero attached hydrogens (tertiary/aromatic N) is 2. The van der Waals surface area contributed by atoms with Gasteiger partial charge in [-0.3, -0.25) is 16.0 Å². The first-order valence-corrected chi connectivity index (χ1v) is 7.32. The Bertz CT molecular complexity index is 550. The number of aromatic nitrogens is 2. The summed E-state index contributed by atoms with van der Waals surface area (Å²) in [6.07, 6.45) is 3.86. The summed E-state index contributed by atoms with van der Waals surface area (Å²) >= 11 is 0. The molecule has 0 aliphatic carbocycles. The Morgan fingerprint density at radius 3 is 2.57 bits per heavy atom. The van der Waals surface area contributed by atoms with Crippen molar-refractivity contribution in [2.45, 2.75) is 38.8 Å². The second-order valence-electron chi connectivity index (χ2n) is 5.24. The predicted octanol–water partition coefficient (Wildman–Crippen LogP) is 2.61. The molecule has 2 unspecified atom stereocenters. The summed E-state index contributed by atoms with van der Waals surface area (Å²) in [6.45, 7) is 4.33. The van der Waals surface area contributed by atoms with E-state index in [0.717, 1.165) is 29.8 Å². The van der Waals surface area contributed by atoms with Crippen LogP contribution in [0.1, 0.15) is 43.6 Å². The van der Waals surface area contributed by atoms with Gasteiger partial charge < -0.3 is 4.74 Å². The van der Waals surface area contributed by atoms with E-state index in [0.29, 0.717) is 6.04 Å². The minimum absolute atomic E-state index is 0.0381. The van der Waals surface area contributed by atoms with Crippen LogP contribution in [0, 0.1) is 0 Å². The summed E-state index contributed by atoms with van der Waals surface area (Å²) in [5.41, 5.74) is 5.02. The molecule has 0 aliphatic heterocycles. The molecular formula is C16H24N4O. The number of hydrazine groups is 1. The fourth-order valence-corrected chi connectivity index (χ4v) is 2.24. The molecule has 5 heteroatoms. The number of hydrogen-bond donors (Lipinski definition) is 2. The Labute approximate surface area is 126 Å². The van der Waals surface area contributed by atoms with Gasteiger partial charge in [-0.15, -0.1) is 0 Å². The summed E-state index contributed by atoms with van der Waals surface area (Å²) in [4.78, 5) is 0. The Morgan fingerprint density at radius 2 is 2.00 bits per heavy atom. The first-order chi connectivity index (χ1) is 10.2. The normalized spacial score (nSPS) is 13.9. The number of nitrogens with one attached hydrogen (secondary N) is 1. The molecule has 0 radical (unpaired) electrons. The highest BCUT2D eigenvalue weighted by Gasteiger charge is 2.13. The SMILES string of the molecule is CCC(C)n1ccc(CC(NN)c2ccc(OC)cc2)n1. The highest BCUT2D eigenvalue weighted by Crippen LogP contribution is 2.20. The van der Waals surface area contributed by atoms with Crippen LogP contribution >= 0.6 is 0 Å². The smallest absolute Gasteiger partial charge is 0.118 e. The molecule has 21 heavy (non-hydrogen) atoms. The molecule has 1 aromatic heterocycles. The van der Waals surface area contributed by atoms with Gasteiger partial charge in [0.15, 0.2) is 0 Å². The van der Waals surface area contributed by atoms with E-state index in [1.807, 2.05) is 35.1 Å². The lowest BCUT2D eigenvalue weighted by atomic mass is 10.0. The summed E-state index contributed by atoms with van der Waals surface area (Å²) in [5.74, 6) is 6.54. The van der Waals surface area contributed by atoms with E-state index in [4.69, 9.17) is 10.6 Å². The number of methoxy groups -OCH3 is 1. The largest absolute Gasteiger partial charge is 0.497 e. The van der Waals surface area contributed by atoms with Crippen molar-refractivity contribution in [1.82, 2.24) is 15.2 Å². The van der Waals surface area contributed by atoms with Gasteiger partial charge in [0.2, 0.25) is 0 Å². The van der Waals surface area contributed by atoms with E-state index in [1.54, 1.807) is 7.11 Å². The molecule has 0 aliphatic rings. The van der Waals surface area contributed by atoms with Crippen LogP contribution in [0.15, 0.2) is 36.5 Å². The van der Waals surface area contributed by atoms with Crippen molar-refractivity contribution in [2.24, 2.45) is 5.84 Å². The molecule has 2 rings (SSSR count). The fraction of sp³-hybridized carbons (Fsp3) is 0.438. The molecule has 0 saturated heterocycles. The molecule has 1 aromatic carbocycles. The number of rotatable bonds is 7. The van der Waals surface area contributed by atoms with Gasteiger partial charge in [-0.1, -0.05) is 19.1 Å². The minimum atomic E-state index is 0.0381. The lowest BCUT2D eigenvalue weighted by molar-refractivity contribution is 0.414. The summed E-state index contributed by atoms with van der Waals surface area (Å²) in [6, 6.07) is 10.4. The summed E-state index contributed by atoms with van der Waals surface area (Å²) < 4.78 is 7.19. The first-order valence-electron chi connectivity index (χ1n) is 7.32. The lowest BCUT2D eigenvalue weighted by Crippen LogP contribution is -2.29. The zero-order valence-electron chi connectivity index (χ0n) is 12.9. The van der Waals surface area contributed by atoms with Gasteiger partial charge in [0, 0.05) is 18.7 Å². The van der Waals surface area contributed by atoms with Crippen LogP contribution in [0.25, 0.3) is 0 Å². The zero-order chi connectivity index (χ0) is 15.2. The molecule has 0 saturated carbocycles. The van der Waals surface area contributed by atoms with Gasteiger partial charge in [0.25, 0.3) is 0 Å². The predicted molar refractivity (Wildman–Crippen MR) is 84.0 cm³/mol. The van der Waals surface area contributed by atoms with Crippen molar-refractivity contribution < 1.29 is 4.74 Å². The summed E-state index contributed by atoms with van der Waals surface area (Å²) in [5, 5.41) is 4.62.